The fourth-order valence-electron chi connectivity index (χ4n) is 2.42. The molecular formula is C16H17ClN4O. The molecule has 1 fully saturated rings. The van der Waals surface area contributed by atoms with Crippen molar-refractivity contribution in [1.29, 1.82) is 0 Å². The minimum absolute atomic E-state index is 0.226. The van der Waals surface area contributed by atoms with Crippen LogP contribution in [0.4, 0.5) is 5.82 Å². The van der Waals surface area contributed by atoms with Crippen molar-refractivity contribution < 1.29 is 4.79 Å². The van der Waals surface area contributed by atoms with Crippen molar-refractivity contribution in [2.75, 3.05) is 18.0 Å². The first kappa shape index (κ1) is 14.8. The molecule has 6 heteroatoms. The lowest BCUT2D eigenvalue weighted by atomic mass is 10.2. The number of hydrogen-bond acceptors (Lipinski definition) is 4. The van der Waals surface area contributed by atoms with Crippen LogP contribution < -0.4 is 10.2 Å². The maximum absolute atomic E-state index is 12.1. The first-order valence-electron chi connectivity index (χ1n) is 7.32. The maximum Gasteiger partial charge on any atom is 0.271 e. The highest BCUT2D eigenvalue weighted by molar-refractivity contribution is 6.30. The number of rotatable bonds is 4. The van der Waals surface area contributed by atoms with E-state index in [4.69, 9.17) is 11.6 Å². The van der Waals surface area contributed by atoms with E-state index in [9.17, 15) is 4.79 Å². The van der Waals surface area contributed by atoms with E-state index in [-0.39, 0.29) is 5.91 Å². The highest BCUT2D eigenvalue weighted by Gasteiger charge is 2.15. The quantitative estimate of drug-likeness (QED) is 0.942. The van der Waals surface area contributed by atoms with Crippen LogP contribution in [-0.2, 0) is 6.54 Å². The average Bonchev–Trinajstić information content (AvgIpc) is 3.09. The van der Waals surface area contributed by atoms with Gasteiger partial charge in [0.25, 0.3) is 5.91 Å². The SMILES string of the molecule is O=C(NCc1ccc(Cl)cc1)c1cnc(N2CCCC2)cn1. The van der Waals surface area contributed by atoms with Crippen LogP contribution in [0, 0.1) is 0 Å². The van der Waals surface area contributed by atoms with Crippen LogP contribution in [0.3, 0.4) is 0 Å². The molecule has 1 saturated heterocycles. The zero-order valence-electron chi connectivity index (χ0n) is 12.1. The Morgan fingerprint density at radius 2 is 1.86 bits per heavy atom. The first-order chi connectivity index (χ1) is 10.7. The molecule has 2 aromatic rings. The van der Waals surface area contributed by atoms with E-state index in [1.54, 1.807) is 18.3 Å². The third-order valence-electron chi connectivity index (χ3n) is 3.67. The third kappa shape index (κ3) is 3.54. The predicted molar refractivity (Wildman–Crippen MR) is 86.1 cm³/mol. The van der Waals surface area contributed by atoms with Gasteiger partial charge in [0, 0.05) is 24.7 Å². The van der Waals surface area contributed by atoms with E-state index in [2.05, 4.69) is 20.2 Å². The molecule has 1 aromatic carbocycles. The van der Waals surface area contributed by atoms with Crippen LogP contribution in [0.5, 0.6) is 0 Å². The minimum Gasteiger partial charge on any atom is -0.355 e. The van der Waals surface area contributed by atoms with E-state index in [1.807, 2.05) is 12.1 Å². The normalized spacial score (nSPS) is 14.1. The molecule has 1 aromatic heterocycles. The maximum atomic E-state index is 12.1. The molecule has 1 amide bonds. The Bertz CT molecular complexity index is 636. The minimum atomic E-state index is -0.226. The molecule has 0 unspecified atom stereocenters. The van der Waals surface area contributed by atoms with Crippen molar-refractivity contribution in [3.8, 4) is 0 Å². The van der Waals surface area contributed by atoms with E-state index in [0.717, 1.165) is 24.5 Å². The Kier molecular flexibility index (Phi) is 4.53. The summed E-state index contributed by atoms with van der Waals surface area (Å²) < 4.78 is 0. The number of nitrogens with zero attached hydrogens (tertiary/aromatic N) is 3. The lowest BCUT2D eigenvalue weighted by Gasteiger charge is -2.15. The summed E-state index contributed by atoms with van der Waals surface area (Å²) in [6.07, 6.45) is 5.57. The monoisotopic (exact) mass is 316 g/mol. The van der Waals surface area contributed by atoms with Crippen LogP contribution in [-0.4, -0.2) is 29.0 Å². The molecule has 0 aliphatic carbocycles. The lowest BCUT2D eigenvalue weighted by molar-refractivity contribution is 0.0945. The molecule has 3 rings (SSSR count). The average molecular weight is 317 g/mol. The van der Waals surface area contributed by atoms with Crippen LogP contribution in [0.1, 0.15) is 28.9 Å². The molecule has 114 valence electrons. The summed E-state index contributed by atoms with van der Waals surface area (Å²) >= 11 is 5.83. The van der Waals surface area contributed by atoms with Crippen LogP contribution in [0.25, 0.3) is 0 Å². The number of carbonyl (C=O) groups is 1. The summed E-state index contributed by atoms with van der Waals surface area (Å²) in [6.45, 7) is 2.46. The molecule has 0 spiro atoms. The Labute approximate surface area is 134 Å². The van der Waals surface area contributed by atoms with Gasteiger partial charge in [-0.05, 0) is 30.5 Å². The number of halogens is 1. The summed E-state index contributed by atoms with van der Waals surface area (Å²) in [5.74, 6) is 0.613. The fraction of sp³-hybridized carbons (Fsp3) is 0.312. The first-order valence-corrected chi connectivity index (χ1v) is 7.70. The van der Waals surface area contributed by atoms with Crippen molar-refractivity contribution in [3.63, 3.8) is 0 Å². The summed E-state index contributed by atoms with van der Waals surface area (Å²) in [5.41, 5.74) is 1.32. The number of aromatic nitrogens is 2. The Balaban J connectivity index is 1.58. The number of benzene rings is 1. The summed E-state index contributed by atoms with van der Waals surface area (Å²) in [4.78, 5) is 22.8. The second kappa shape index (κ2) is 6.75. The lowest BCUT2D eigenvalue weighted by Crippen LogP contribution is -2.25. The molecule has 1 aliphatic heterocycles. The zero-order valence-corrected chi connectivity index (χ0v) is 12.9. The summed E-state index contributed by atoms with van der Waals surface area (Å²) in [6, 6.07) is 7.36. The van der Waals surface area contributed by atoms with Crippen molar-refractivity contribution in [1.82, 2.24) is 15.3 Å². The van der Waals surface area contributed by atoms with E-state index in [0.29, 0.717) is 17.3 Å². The molecule has 0 bridgehead atoms. The predicted octanol–water partition coefficient (Wildman–Crippen LogP) is 2.66. The van der Waals surface area contributed by atoms with Gasteiger partial charge in [0.05, 0.1) is 12.4 Å². The highest BCUT2D eigenvalue weighted by Crippen LogP contribution is 2.16. The van der Waals surface area contributed by atoms with Gasteiger partial charge in [0.1, 0.15) is 11.5 Å². The molecule has 1 aliphatic rings. The van der Waals surface area contributed by atoms with E-state index >= 15 is 0 Å². The third-order valence-corrected chi connectivity index (χ3v) is 3.92. The van der Waals surface area contributed by atoms with Crippen molar-refractivity contribution in [2.45, 2.75) is 19.4 Å². The molecule has 0 radical (unpaired) electrons. The number of hydrogen-bond donors (Lipinski definition) is 1. The van der Waals surface area contributed by atoms with Crippen LogP contribution in [0.15, 0.2) is 36.7 Å². The molecule has 5 nitrogen and oxygen atoms in total. The smallest absolute Gasteiger partial charge is 0.271 e. The molecule has 1 N–H and O–H groups in total. The van der Waals surface area contributed by atoms with Crippen molar-refractivity contribution in [2.24, 2.45) is 0 Å². The van der Waals surface area contributed by atoms with Gasteiger partial charge < -0.3 is 10.2 Å². The van der Waals surface area contributed by atoms with E-state index < -0.39 is 0 Å². The number of amides is 1. The van der Waals surface area contributed by atoms with Gasteiger partial charge >= 0.3 is 0 Å². The van der Waals surface area contributed by atoms with Crippen LogP contribution in [0.2, 0.25) is 5.02 Å². The highest BCUT2D eigenvalue weighted by atomic mass is 35.5. The van der Waals surface area contributed by atoms with Gasteiger partial charge in [-0.3, -0.25) is 4.79 Å². The van der Waals surface area contributed by atoms with E-state index in [1.165, 1.54) is 19.0 Å². The van der Waals surface area contributed by atoms with Crippen LogP contribution >= 0.6 is 11.6 Å². The summed E-state index contributed by atoms with van der Waals surface area (Å²) in [7, 11) is 0. The van der Waals surface area contributed by atoms with Gasteiger partial charge in [0.15, 0.2) is 0 Å². The number of carbonyl (C=O) groups excluding carboxylic acids is 1. The Hall–Kier alpha value is -2.14. The van der Waals surface area contributed by atoms with Gasteiger partial charge in [0.2, 0.25) is 0 Å². The number of nitrogens with one attached hydrogen (secondary N) is 1. The Morgan fingerprint density at radius 1 is 1.14 bits per heavy atom. The van der Waals surface area contributed by atoms with Crippen molar-refractivity contribution >= 4 is 23.3 Å². The van der Waals surface area contributed by atoms with Gasteiger partial charge in [-0.15, -0.1) is 0 Å². The second-order valence-corrected chi connectivity index (χ2v) is 5.70. The largest absolute Gasteiger partial charge is 0.355 e. The summed E-state index contributed by atoms with van der Waals surface area (Å²) in [5, 5.41) is 3.50. The number of anilines is 1. The molecule has 0 saturated carbocycles. The van der Waals surface area contributed by atoms with Gasteiger partial charge in [-0.2, -0.15) is 0 Å². The topological polar surface area (TPSA) is 58.1 Å². The van der Waals surface area contributed by atoms with Crippen molar-refractivity contribution in [3.05, 3.63) is 52.9 Å². The molecule has 0 atom stereocenters. The Morgan fingerprint density at radius 3 is 2.50 bits per heavy atom. The fourth-order valence-corrected chi connectivity index (χ4v) is 2.55. The second-order valence-electron chi connectivity index (χ2n) is 5.26. The standard InChI is InChI=1S/C16H17ClN4O/c17-13-5-3-12(4-6-13)9-20-16(22)14-10-19-15(11-18-14)21-7-1-2-8-21/h3-6,10-11H,1-2,7-9H2,(H,20,22). The van der Waals surface area contributed by atoms with Gasteiger partial charge in [-0.1, -0.05) is 23.7 Å². The molecule has 2 heterocycles. The zero-order chi connectivity index (χ0) is 15.4. The van der Waals surface area contributed by atoms with Gasteiger partial charge in [-0.25, -0.2) is 9.97 Å². The molecular weight excluding hydrogens is 300 g/mol. The molecule has 22 heavy (non-hydrogen) atoms.